The molecule has 0 unspecified atom stereocenters. The first-order valence-corrected chi connectivity index (χ1v) is 7.63. The number of halogens is 1. The topological polar surface area (TPSA) is 75.4 Å². The zero-order chi connectivity index (χ0) is 16.0. The third-order valence-electron chi connectivity index (χ3n) is 3.76. The SMILES string of the molecule is CCc1nc(C(=O)O)n2c1CN(C)C(=O)c1c(Br)cccc1-2. The third kappa shape index (κ3) is 2.04. The number of hydrogen-bond acceptors (Lipinski definition) is 3. The van der Waals surface area contributed by atoms with Crippen LogP contribution < -0.4 is 0 Å². The molecule has 22 heavy (non-hydrogen) atoms. The number of rotatable bonds is 2. The van der Waals surface area contributed by atoms with Gasteiger partial charge in [0.1, 0.15) is 0 Å². The zero-order valence-electron chi connectivity index (χ0n) is 12.1. The van der Waals surface area contributed by atoms with Crippen LogP contribution in [0.4, 0.5) is 0 Å². The molecule has 0 bridgehead atoms. The molecule has 7 heteroatoms. The smallest absolute Gasteiger partial charge is 0.372 e. The minimum Gasteiger partial charge on any atom is -0.475 e. The van der Waals surface area contributed by atoms with Gasteiger partial charge in [-0.2, -0.15) is 0 Å². The van der Waals surface area contributed by atoms with Crippen molar-refractivity contribution in [2.45, 2.75) is 19.9 Å². The Kier molecular flexibility index (Phi) is 3.52. The quantitative estimate of drug-likeness (QED) is 0.889. The van der Waals surface area contributed by atoms with Crippen LogP contribution in [0.25, 0.3) is 5.69 Å². The summed E-state index contributed by atoms with van der Waals surface area (Å²) in [6.07, 6.45) is 0.605. The number of fused-ring (bicyclic) bond motifs is 3. The summed E-state index contributed by atoms with van der Waals surface area (Å²) >= 11 is 3.39. The number of hydrogen-bond donors (Lipinski definition) is 1. The van der Waals surface area contributed by atoms with Crippen molar-refractivity contribution in [1.29, 1.82) is 0 Å². The average molecular weight is 364 g/mol. The average Bonchev–Trinajstić information content (AvgIpc) is 2.79. The Morgan fingerprint density at radius 2 is 2.18 bits per heavy atom. The molecule has 0 saturated carbocycles. The van der Waals surface area contributed by atoms with Gasteiger partial charge in [0.15, 0.2) is 0 Å². The number of carboxylic acids is 1. The van der Waals surface area contributed by atoms with E-state index in [0.717, 1.165) is 5.69 Å². The summed E-state index contributed by atoms with van der Waals surface area (Å²) in [4.78, 5) is 30.0. The van der Waals surface area contributed by atoms with Crippen LogP contribution in [0.15, 0.2) is 22.7 Å². The molecule has 3 rings (SSSR count). The van der Waals surface area contributed by atoms with Crippen molar-refractivity contribution >= 4 is 27.8 Å². The first-order valence-electron chi connectivity index (χ1n) is 6.83. The summed E-state index contributed by atoms with van der Waals surface area (Å²) in [6, 6.07) is 5.30. The van der Waals surface area contributed by atoms with E-state index in [0.29, 0.717) is 34.4 Å². The number of benzene rings is 1. The van der Waals surface area contributed by atoms with Crippen molar-refractivity contribution in [2.24, 2.45) is 0 Å². The second-order valence-corrected chi connectivity index (χ2v) is 5.97. The van der Waals surface area contributed by atoms with Crippen LogP contribution in [0.5, 0.6) is 0 Å². The molecule has 0 spiro atoms. The molecule has 1 aromatic carbocycles. The zero-order valence-corrected chi connectivity index (χ0v) is 13.7. The van der Waals surface area contributed by atoms with Gasteiger partial charge in [-0.05, 0) is 34.5 Å². The summed E-state index contributed by atoms with van der Waals surface area (Å²) in [5.74, 6) is -1.32. The predicted octanol–water partition coefficient (Wildman–Crippen LogP) is 2.48. The molecule has 1 N–H and O–H groups in total. The lowest BCUT2D eigenvalue weighted by molar-refractivity contribution is 0.0680. The van der Waals surface area contributed by atoms with Crippen LogP contribution in [0.2, 0.25) is 0 Å². The van der Waals surface area contributed by atoms with E-state index in [-0.39, 0.29) is 11.7 Å². The summed E-state index contributed by atoms with van der Waals surface area (Å²) < 4.78 is 2.22. The Labute approximate surface area is 135 Å². The minimum atomic E-state index is -1.11. The van der Waals surface area contributed by atoms with Gasteiger partial charge in [0.05, 0.1) is 29.2 Å². The number of aryl methyl sites for hydroxylation is 1. The number of nitrogens with zero attached hydrogens (tertiary/aromatic N) is 3. The lowest BCUT2D eigenvalue weighted by Gasteiger charge is -2.15. The Morgan fingerprint density at radius 1 is 1.45 bits per heavy atom. The van der Waals surface area contributed by atoms with E-state index in [1.54, 1.807) is 34.7 Å². The summed E-state index contributed by atoms with van der Waals surface area (Å²) in [5, 5.41) is 9.47. The Morgan fingerprint density at radius 3 is 2.82 bits per heavy atom. The molecule has 1 amide bonds. The van der Waals surface area contributed by atoms with Crippen LogP contribution in [-0.2, 0) is 13.0 Å². The highest BCUT2D eigenvalue weighted by molar-refractivity contribution is 9.10. The van der Waals surface area contributed by atoms with Gasteiger partial charge in [0.25, 0.3) is 5.91 Å². The van der Waals surface area contributed by atoms with Crippen molar-refractivity contribution in [1.82, 2.24) is 14.5 Å². The first kappa shape index (κ1) is 14.8. The molecule has 1 aliphatic heterocycles. The Bertz CT molecular complexity index is 798. The summed E-state index contributed by atoms with van der Waals surface area (Å²) in [5.41, 5.74) is 2.44. The third-order valence-corrected chi connectivity index (χ3v) is 4.42. The van der Waals surface area contributed by atoms with Gasteiger partial charge in [-0.1, -0.05) is 13.0 Å². The van der Waals surface area contributed by atoms with Gasteiger partial charge in [0, 0.05) is 11.5 Å². The number of carboxylic acid groups (broad SMARTS) is 1. The van der Waals surface area contributed by atoms with E-state index >= 15 is 0 Å². The van der Waals surface area contributed by atoms with Gasteiger partial charge in [-0.25, -0.2) is 9.78 Å². The lowest BCUT2D eigenvalue weighted by atomic mass is 10.1. The van der Waals surface area contributed by atoms with Crippen molar-refractivity contribution in [3.63, 3.8) is 0 Å². The van der Waals surface area contributed by atoms with Gasteiger partial charge in [-0.15, -0.1) is 0 Å². The van der Waals surface area contributed by atoms with Crippen molar-refractivity contribution in [2.75, 3.05) is 7.05 Å². The fourth-order valence-corrected chi connectivity index (χ4v) is 3.27. The maximum atomic E-state index is 12.6. The van der Waals surface area contributed by atoms with Crippen LogP contribution in [0.3, 0.4) is 0 Å². The standard InChI is InChI=1S/C15H14BrN3O3/c1-3-9-11-7-18(2)14(20)12-8(16)5-4-6-10(12)19(11)13(17-9)15(21)22/h4-6H,3,7H2,1-2H3,(H,21,22). The molecule has 0 aliphatic carbocycles. The molecule has 0 fully saturated rings. The second-order valence-electron chi connectivity index (χ2n) is 5.12. The van der Waals surface area contributed by atoms with Crippen LogP contribution in [0, 0.1) is 0 Å². The van der Waals surface area contributed by atoms with Crippen LogP contribution in [-0.4, -0.2) is 38.5 Å². The van der Waals surface area contributed by atoms with Crippen molar-refractivity contribution < 1.29 is 14.7 Å². The predicted molar refractivity (Wildman–Crippen MR) is 83.4 cm³/mol. The molecule has 2 aromatic rings. The van der Waals surface area contributed by atoms with E-state index < -0.39 is 5.97 Å². The van der Waals surface area contributed by atoms with Gasteiger partial charge in [-0.3, -0.25) is 9.36 Å². The summed E-state index contributed by atoms with van der Waals surface area (Å²) in [7, 11) is 1.70. The number of amides is 1. The Hall–Kier alpha value is -2.15. The maximum Gasteiger partial charge on any atom is 0.372 e. The number of carbonyl (C=O) groups excluding carboxylic acids is 1. The van der Waals surface area contributed by atoms with E-state index in [4.69, 9.17) is 0 Å². The molecule has 0 radical (unpaired) electrons. The summed E-state index contributed by atoms with van der Waals surface area (Å²) in [6.45, 7) is 2.24. The maximum absolute atomic E-state index is 12.6. The highest BCUT2D eigenvalue weighted by Crippen LogP contribution is 2.32. The fraction of sp³-hybridized carbons (Fsp3) is 0.267. The van der Waals surface area contributed by atoms with Gasteiger partial charge < -0.3 is 10.0 Å². The molecular formula is C15H14BrN3O3. The molecule has 114 valence electrons. The molecule has 0 saturated heterocycles. The van der Waals surface area contributed by atoms with Gasteiger partial charge in [0.2, 0.25) is 5.82 Å². The first-order chi connectivity index (χ1) is 10.5. The fourth-order valence-electron chi connectivity index (χ4n) is 2.75. The van der Waals surface area contributed by atoms with Crippen LogP contribution >= 0.6 is 15.9 Å². The normalized spacial score (nSPS) is 13.6. The van der Waals surface area contributed by atoms with Crippen molar-refractivity contribution in [3.05, 3.63) is 45.4 Å². The van der Waals surface area contributed by atoms with E-state index in [1.807, 2.05) is 6.92 Å². The van der Waals surface area contributed by atoms with E-state index in [1.165, 1.54) is 0 Å². The monoisotopic (exact) mass is 363 g/mol. The second kappa shape index (κ2) is 5.24. The highest BCUT2D eigenvalue weighted by atomic mass is 79.9. The van der Waals surface area contributed by atoms with E-state index in [2.05, 4.69) is 20.9 Å². The number of aromatic carboxylic acids is 1. The van der Waals surface area contributed by atoms with Crippen LogP contribution in [0.1, 0.15) is 39.3 Å². The largest absolute Gasteiger partial charge is 0.475 e. The highest BCUT2D eigenvalue weighted by Gasteiger charge is 2.31. The minimum absolute atomic E-state index is 0.0608. The van der Waals surface area contributed by atoms with E-state index in [9.17, 15) is 14.7 Å². The van der Waals surface area contributed by atoms with Crippen molar-refractivity contribution in [3.8, 4) is 5.69 Å². The lowest BCUT2D eigenvalue weighted by Crippen LogP contribution is -2.25. The number of aromatic nitrogens is 2. The molecule has 1 aliphatic rings. The molecule has 0 atom stereocenters. The molecular weight excluding hydrogens is 350 g/mol. The van der Waals surface area contributed by atoms with Gasteiger partial charge >= 0.3 is 5.97 Å². The molecule has 6 nitrogen and oxygen atoms in total. The Balaban J connectivity index is 2.43. The number of carbonyl (C=O) groups is 2. The molecule has 2 heterocycles. The number of imidazole rings is 1. The molecule has 1 aromatic heterocycles.